The van der Waals surface area contributed by atoms with Gasteiger partial charge in [0.2, 0.25) is 0 Å². The van der Waals surface area contributed by atoms with E-state index in [0.29, 0.717) is 12.1 Å². The Balaban J connectivity index is 1.94. The van der Waals surface area contributed by atoms with Crippen molar-refractivity contribution in [1.82, 2.24) is 9.88 Å². The fourth-order valence-corrected chi connectivity index (χ4v) is 1.69. The maximum Gasteiger partial charge on any atom is 0.251 e. The number of aryl methyl sites for hydroxylation is 1. The van der Waals surface area contributed by atoms with Crippen molar-refractivity contribution in [3.05, 3.63) is 53.9 Å². The van der Waals surface area contributed by atoms with Crippen molar-refractivity contribution in [1.29, 1.82) is 0 Å². The minimum absolute atomic E-state index is 0.0819. The van der Waals surface area contributed by atoms with Crippen LogP contribution >= 0.6 is 0 Å². The smallest absolute Gasteiger partial charge is 0.251 e. The zero-order valence-electron chi connectivity index (χ0n) is 10.5. The fourth-order valence-electron chi connectivity index (χ4n) is 1.69. The molecule has 2 aromatic rings. The summed E-state index contributed by atoms with van der Waals surface area (Å²) >= 11 is 0. The van der Waals surface area contributed by atoms with Crippen molar-refractivity contribution in [3.63, 3.8) is 0 Å². The largest absolute Gasteiger partial charge is 0.497 e. The molecule has 1 amide bonds. The van der Waals surface area contributed by atoms with Crippen LogP contribution in [0.4, 0.5) is 0 Å². The van der Waals surface area contributed by atoms with E-state index in [1.807, 2.05) is 30.1 Å². The first-order valence-corrected chi connectivity index (χ1v) is 5.72. The van der Waals surface area contributed by atoms with Gasteiger partial charge in [-0.15, -0.1) is 0 Å². The van der Waals surface area contributed by atoms with E-state index in [1.165, 1.54) is 0 Å². The third kappa shape index (κ3) is 2.91. The molecular weight excluding hydrogens is 228 g/mol. The van der Waals surface area contributed by atoms with Crippen LogP contribution in [0.3, 0.4) is 0 Å². The van der Waals surface area contributed by atoms with E-state index in [1.54, 1.807) is 31.4 Å². The van der Waals surface area contributed by atoms with Crippen molar-refractivity contribution in [2.45, 2.75) is 6.54 Å². The Labute approximate surface area is 106 Å². The van der Waals surface area contributed by atoms with Crippen LogP contribution in [0, 0.1) is 0 Å². The lowest BCUT2D eigenvalue weighted by Crippen LogP contribution is -2.22. The number of aromatic nitrogens is 1. The highest BCUT2D eigenvalue weighted by Gasteiger charge is 2.05. The molecule has 0 bridgehead atoms. The molecule has 4 nitrogen and oxygen atoms in total. The molecule has 0 radical (unpaired) electrons. The first-order chi connectivity index (χ1) is 8.69. The topological polar surface area (TPSA) is 43.3 Å². The second kappa shape index (κ2) is 5.40. The van der Waals surface area contributed by atoms with E-state index in [-0.39, 0.29) is 5.91 Å². The summed E-state index contributed by atoms with van der Waals surface area (Å²) in [4.78, 5) is 11.9. The monoisotopic (exact) mass is 244 g/mol. The molecule has 4 heteroatoms. The summed E-state index contributed by atoms with van der Waals surface area (Å²) in [5.41, 5.74) is 1.71. The van der Waals surface area contributed by atoms with Crippen molar-refractivity contribution in [3.8, 4) is 5.75 Å². The third-order valence-corrected chi connectivity index (χ3v) is 2.70. The summed E-state index contributed by atoms with van der Waals surface area (Å²) in [5.74, 6) is 0.663. The van der Waals surface area contributed by atoms with Gasteiger partial charge in [0, 0.05) is 31.5 Å². The van der Waals surface area contributed by atoms with Crippen LogP contribution in [0.2, 0.25) is 0 Å². The maximum atomic E-state index is 11.9. The Kier molecular flexibility index (Phi) is 3.67. The highest BCUT2D eigenvalue weighted by Crippen LogP contribution is 2.11. The molecule has 18 heavy (non-hydrogen) atoms. The highest BCUT2D eigenvalue weighted by atomic mass is 16.5. The van der Waals surface area contributed by atoms with E-state index >= 15 is 0 Å². The number of nitrogens with zero attached hydrogens (tertiary/aromatic N) is 1. The minimum Gasteiger partial charge on any atom is -0.497 e. The third-order valence-electron chi connectivity index (χ3n) is 2.70. The molecule has 1 heterocycles. The van der Waals surface area contributed by atoms with Gasteiger partial charge in [0.1, 0.15) is 5.75 Å². The number of benzene rings is 1. The SMILES string of the molecule is COc1ccc(C(=O)NCc2ccn(C)c2)cc1. The van der Waals surface area contributed by atoms with E-state index < -0.39 is 0 Å². The molecule has 0 aliphatic heterocycles. The zero-order chi connectivity index (χ0) is 13.0. The van der Waals surface area contributed by atoms with Crippen LogP contribution < -0.4 is 10.1 Å². The standard InChI is InChI=1S/C14H16N2O2/c1-16-8-7-11(10-16)9-15-14(17)12-3-5-13(18-2)6-4-12/h3-8,10H,9H2,1-2H3,(H,15,17). The van der Waals surface area contributed by atoms with Crippen molar-refractivity contribution >= 4 is 5.91 Å². The van der Waals surface area contributed by atoms with Crippen molar-refractivity contribution in [2.75, 3.05) is 7.11 Å². The Hall–Kier alpha value is -2.23. The molecule has 1 aromatic heterocycles. The number of rotatable bonds is 4. The van der Waals surface area contributed by atoms with Crippen LogP contribution in [-0.2, 0) is 13.6 Å². The predicted molar refractivity (Wildman–Crippen MR) is 69.6 cm³/mol. The van der Waals surface area contributed by atoms with Crippen LogP contribution in [0.25, 0.3) is 0 Å². The van der Waals surface area contributed by atoms with Crippen LogP contribution in [0.1, 0.15) is 15.9 Å². The molecule has 1 N–H and O–H groups in total. The first kappa shape index (κ1) is 12.2. The number of ether oxygens (including phenoxy) is 1. The van der Waals surface area contributed by atoms with Gasteiger partial charge in [-0.2, -0.15) is 0 Å². The summed E-state index contributed by atoms with van der Waals surface area (Å²) in [6, 6.07) is 9.03. The molecular formula is C14H16N2O2. The molecule has 0 saturated carbocycles. The quantitative estimate of drug-likeness (QED) is 0.893. The van der Waals surface area contributed by atoms with E-state index in [4.69, 9.17) is 4.74 Å². The molecule has 1 aromatic carbocycles. The Morgan fingerprint density at radius 2 is 2.00 bits per heavy atom. The summed E-state index contributed by atoms with van der Waals surface area (Å²) in [6.45, 7) is 0.533. The summed E-state index contributed by atoms with van der Waals surface area (Å²) in [7, 11) is 3.55. The molecule has 0 spiro atoms. The van der Waals surface area contributed by atoms with Crippen LogP contribution in [-0.4, -0.2) is 17.6 Å². The van der Waals surface area contributed by atoms with Crippen molar-refractivity contribution in [2.24, 2.45) is 7.05 Å². The van der Waals surface area contributed by atoms with Gasteiger partial charge in [-0.25, -0.2) is 0 Å². The van der Waals surface area contributed by atoms with Gasteiger partial charge in [0.25, 0.3) is 5.91 Å². The molecule has 0 unspecified atom stereocenters. The lowest BCUT2D eigenvalue weighted by atomic mass is 10.2. The van der Waals surface area contributed by atoms with E-state index in [9.17, 15) is 4.79 Å². The number of carbonyl (C=O) groups is 1. The molecule has 0 aliphatic carbocycles. The molecule has 2 rings (SSSR count). The Morgan fingerprint density at radius 1 is 1.28 bits per heavy atom. The minimum atomic E-state index is -0.0819. The zero-order valence-corrected chi connectivity index (χ0v) is 10.5. The highest BCUT2D eigenvalue weighted by molar-refractivity contribution is 5.94. The Morgan fingerprint density at radius 3 is 2.56 bits per heavy atom. The molecule has 0 atom stereocenters. The van der Waals surface area contributed by atoms with Gasteiger partial charge in [0.15, 0.2) is 0 Å². The van der Waals surface area contributed by atoms with Gasteiger partial charge in [-0.3, -0.25) is 4.79 Å². The molecule has 94 valence electrons. The summed E-state index contributed by atoms with van der Waals surface area (Å²) in [5, 5.41) is 2.87. The fraction of sp³-hybridized carbons (Fsp3) is 0.214. The molecule has 0 fully saturated rings. The summed E-state index contributed by atoms with van der Waals surface area (Å²) in [6.07, 6.45) is 3.93. The average molecular weight is 244 g/mol. The normalized spacial score (nSPS) is 10.1. The molecule has 0 aliphatic rings. The maximum absolute atomic E-state index is 11.9. The Bertz CT molecular complexity index is 529. The number of nitrogens with one attached hydrogen (secondary N) is 1. The van der Waals surface area contributed by atoms with Gasteiger partial charge in [-0.05, 0) is 35.9 Å². The van der Waals surface area contributed by atoms with E-state index in [2.05, 4.69) is 5.32 Å². The number of carbonyl (C=O) groups excluding carboxylic acids is 1. The predicted octanol–water partition coefficient (Wildman–Crippen LogP) is 1.96. The second-order valence-electron chi connectivity index (χ2n) is 4.10. The second-order valence-corrected chi connectivity index (χ2v) is 4.10. The first-order valence-electron chi connectivity index (χ1n) is 5.72. The number of hydrogen-bond donors (Lipinski definition) is 1. The summed E-state index contributed by atoms with van der Waals surface area (Å²) < 4.78 is 7.00. The number of hydrogen-bond acceptors (Lipinski definition) is 2. The molecule has 0 saturated heterocycles. The van der Waals surface area contributed by atoms with Gasteiger partial charge >= 0.3 is 0 Å². The lowest BCUT2D eigenvalue weighted by molar-refractivity contribution is 0.0951. The van der Waals surface area contributed by atoms with E-state index in [0.717, 1.165) is 11.3 Å². The lowest BCUT2D eigenvalue weighted by Gasteiger charge is -2.05. The van der Waals surface area contributed by atoms with Crippen molar-refractivity contribution < 1.29 is 9.53 Å². The van der Waals surface area contributed by atoms with Gasteiger partial charge in [-0.1, -0.05) is 0 Å². The van der Waals surface area contributed by atoms with Gasteiger partial charge in [0.05, 0.1) is 7.11 Å². The van der Waals surface area contributed by atoms with Gasteiger partial charge < -0.3 is 14.6 Å². The van der Waals surface area contributed by atoms with Crippen LogP contribution in [0.5, 0.6) is 5.75 Å². The average Bonchev–Trinajstić information content (AvgIpc) is 2.82. The van der Waals surface area contributed by atoms with Crippen LogP contribution in [0.15, 0.2) is 42.7 Å². The number of methoxy groups -OCH3 is 1. The number of amides is 1.